The van der Waals surface area contributed by atoms with Crippen LogP contribution in [0.25, 0.3) is 0 Å². The van der Waals surface area contributed by atoms with Crippen molar-refractivity contribution in [1.82, 2.24) is 5.32 Å². The first-order chi connectivity index (χ1) is 9.71. The highest BCUT2D eigenvalue weighted by atomic mass is 15.0. The SMILES string of the molecule is CCC(CC)(CNC(C)(C)C)Cc1ccc(C(C)C)cc1. The number of hydrogen-bond donors (Lipinski definition) is 1. The average Bonchev–Trinajstić information content (AvgIpc) is 2.43. The number of benzene rings is 1. The predicted octanol–water partition coefficient (Wildman–Crippen LogP) is 5.55. The van der Waals surface area contributed by atoms with Crippen molar-refractivity contribution in [3.05, 3.63) is 35.4 Å². The van der Waals surface area contributed by atoms with Crippen LogP contribution in [-0.2, 0) is 6.42 Å². The van der Waals surface area contributed by atoms with Crippen molar-refractivity contribution in [3.63, 3.8) is 0 Å². The summed E-state index contributed by atoms with van der Waals surface area (Å²) in [5, 5.41) is 3.71. The Morgan fingerprint density at radius 1 is 0.952 bits per heavy atom. The molecule has 1 aromatic carbocycles. The molecule has 0 radical (unpaired) electrons. The van der Waals surface area contributed by atoms with Crippen molar-refractivity contribution in [2.75, 3.05) is 6.54 Å². The molecule has 0 bridgehead atoms. The molecule has 0 spiro atoms. The van der Waals surface area contributed by atoms with Gasteiger partial charge in [0.05, 0.1) is 0 Å². The first-order valence-corrected chi connectivity index (χ1v) is 8.55. The lowest BCUT2D eigenvalue weighted by Crippen LogP contribution is -2.44. The summed E-state index contributed by atoms with van der Waals surface area (Å²) in [6.45, 7) is 17.0. The fourth-order valence-electron chi connectivity index (χ4n) is 2.72. The summed E-state index contributed by atoms with van der Waals surface area (Å²) in [7, 11) is 0. The molecule has 1 aromatic rings. The van der Waals surface area contributed by atoms with Gasteiger partial charge in [-0.3, -0.25) is 0 Å². The van der Waals surface area contributed by atoms with Crippen LogP contribution < -0.4 is 5.32 Å². The van der Waals surface area contributed by atoms with Gasteiger partial charge in [-0.15, -0.1) is 0 Å². The topological polar surface area (TPSA) is 12.0 Å². The molecule has 0 amide bonds. The molecule has 0 fully saturated rings. The molecule has 0 saturated heterocycles. The van der Waals surface area contributed by atoms with E-state index in [1.165, 1.54) is 30.4 Å². The zero-order chi connectivity index (χ0) is 16.1. The molecule has 0 aliphatic heterocycles. The molecule has 0 heterocycles. The number of hydrogen-bond acceptors (Lipinski definition) is 1. The lowest BCUT2D eigenvalue weighted by atomic mass is 9.76. The highest BCUT2D eigenvalue weighted by Gasteiger charge is 2.28. The van der Waals surface area contributed by atoms with E-state index in [4.69, 9.17) is 0 Å². The quantitative estimate of drug-likeness (QED) is 0.694. The number of rotatable bonds is 7. The molecular weight excluding hydrogens is 254 g/mol. The van der Waals surface area contributed by atoms with Crippen LogP contribution in [0.4, 0.5) is 0 Å². The van der Waals surface area contributed by atoms with Gasteiger partial charge in [0.15, 0.2) is 0 Å². The highest BCUT2D eigenvalue weighted by Crippen LogP contribution is 2.31. The van der Waals surface area contributed by atoms with Crippen LogP contribution in [0.2, 0.25) is 0 Å². The van der Waals surface area contributed by atoms with Crippen LogP contribution in [0.15, 0.2) is 24.3 Å². The van der Waals surface area contributed by atoms with E-state index in [2.05, 4.69) is 78.0 Å². The van der Waals surface area contributed by atoms with Crippen molar-refractivity contribution >= 4 is 0 Å². The minimum Gasteiger partial charge on any atom is -0.312 e. The van der Waals surface area contributed by atoms with Crippen molar-refractivity contribution in [2.24, 2.45) is 5.41 Å². The van der Waals surface area contributed by atoms with E-state index < -0.39 is 0 Å². The molecule has 0 atom stereocenters. The van der Waals surface area contributed by atoms with Gasteiger partial charge in [0.25, 0.3) is 0 Å². The van der Waals surface area contributed by atoms with Crippen molar-refractivity contribution in [2.45, 2.75) is 79.2 Å². The molecule has 1 nitrogen and oxygen atoms in total. The maximum atomic E-state index is 3.71. The Morgan fingerprint density at radius 3 is 1.86 bits per heavy atom. The fraction of sp³-hybridized carbons (Fsp3) is 0.700. The van der Waals surface area contributed by atoms with Gasteiger partial charge in [0.2, 0.25) is 0 Å². The summed E-state index contributed by atoms with van der Waals surface area (Å²) in [5.74, 6) is 0.615. The molecule has 120 valence electrons. The third-order valence-corrected chi connectivity index (χ3v) is 4.72. The second-order valence-corrected chi connectivity index (χ2v) is 7.88. The molecule has 1 heteroatoms. The van der Waals surface area contributed by atoms with Gasteiger partial charge in [0.1, 0.15) is 0 Å². The Bertz CT molecular complexity index is 404. The number of nitrogens with one attached hydrogen (secondary N) is 1. The lowest BCUT2D eigenvalue weighted by molar-refractivity contribution is 0.220. The molecular formula is C20H35N. The van der Waals surface area contributed by atoms with Gasteiger partial charge in [-0.05, 0) is 62.5 Å². The van der Waals surface area contributed by atoms with Gasteiger partial charge in [-0.2, -0.15) is 0 Å². The zero-order valence-electron chi connectivity index (χ0n) is 15.2. The summed E-state index contributed by atoms with van der Waals surface area (Å²) >= 11 is 0. The van der Waals surface area contributed by atoms with E-state index >= 15 is 0 Å². The Morgan fingerprint density at radius 2 is 1.48 bits per heavy atom. The van der Waals surface area contributed by atoms with Crippen LogP contribution in [0.3, 0.4) is 0 Å². The Labute approximate surface area is 132 Å². The summed E-state index contributed by atoms with van der Waals surface area (Å²) in [6.07, 6.45) is 3.61. The highest BCUT2D eigenvalue weighted by molar-refractivity contribution is 5.25. The Kier molecular flexibility index (Phi) is 6.46. The van der Waals surface area contributed by atoms with Gasteiger partial charge in [-0.1, -0.05) is 52.0 Å². The molecule has 1 N–H and O–H groups in total. The Balaban J connectivity index is 2.81. The van der Waals surface area contributed by atoms with Gasteiger partial charge in [-0.25, -0.2) is 0 Å². The smallest absolute Gasteiger partial charge is 0.00967 e. The van der Waals surface area contributed by atoms with E-state index in [0.29, 0.717) is 11.3 Å². The fourth-order valence-corrected chi connectivity index (χ4v) is 2.72. The molecule has 0 aromatic heterocycles. The van der Waals surface area contributed by atoms with Crippen molar-refractivity contribution < 1.29 is 0 Å². The van der Waals surface area contributed by atoms with Gasteiger partial charge in [0, 0.05) is 12.1 Å². The van der Waals surface area contributed by atoms with Crippen LogP contribution >= 0.6 is 0 Å². The summed E-state index contributed by atoms with van der Waals surface area (Å²) in [5.41, 5.74) is 3.47. The van der Waals surface area contributed by atoms with E-state index in [9.17, 15) is 0 Å². The molecule has 0 saturated carbocycles. The second kappa shape index (κ2) is 7.45. The van der Waals surface area contributed by atoms with E-state index in [1.54, 1.807) is 0 Å². The first kappa shape index (κ1) is 18.2. The van der Waals surface area contributed by atoms with Crippen LogP contribution in [0.5, 0.6) is 0 Å². The van der Waals surface area contributed by atoms with Crippen LogP contribution in [-0.4, -0.2) is 12.1 Å². The molecule has 0 unspecified atom stereocenters. The minimum absolute atomic E-state index is 0.192. The molecule has 1 rings (SSSR count). The summed E-state index contributed by atoms with van der Waals surface area (Å²) < 4.78 is 0. The summed E-state index contributed by atoms with van der Waals surface area (Å²) in [6, 6.07) is 9.25. The van der Waals surface area contributed by atoms with Crippen LogP contribution in [0, 0.1) is 5.41 Å². The van der Waals surface area contributed by atoms with E-state index in [-0.39, 0.29) is 5.54 Å². The molecule has 0 aliphatic rings. The Hall–Kier alpha value is -0.820. The summed E-state index contributed by atoms with van der Waals surface area (Å²) in [4.78, 5) is 0. The largest absolute Gasteiger partial charge is 0.312 e. The monoisotopic (exact) mass is 289 g/mol. The van der Waals surface area contributed by atoms with E-state index in [0.717, 1.165) is 6.54 Å². The minimum atomic E-state index is 0.192. The standard InChI is InChI=1S/C20H35N/c1-8-20(9-2,15-21-19(5,6)7)14-17-10-12-18(13-11-17)16(3)4/h10-13,16,21H,8-9,14-15H2,1-7H3. The predicted molar refractivity (Wildman–Crippen MR) is 95.0 cm³/mol. The third-order valence-electron chi connectivity index (χ3n) is 4.72. The first-order valence-electron chi connectivity index (χ1n) is 8.55. The molecule has 21 heavy (non-hydrogen) atoms. The normalized spacial score (nSPS) is 13.0. The van der Waals surface area contributed by atoms with E-state index in [1.807, 2.05) is 0 Å². The average molecular weight is 290 g/mol. The lowest BCUT2D eigenvalue weighted by Gasteiger charge is -2.36. The van der Waals surface area contributed by atoms with Crippen LogP contribution in [0.1, 0.15) is 78.4 Å². The third kappa shape index (κ3) is 5.82. The second-order valence-electron chi connectivity index (χ2n) is 7.88. The van der Waals surface area contributed by atoms with Gasteiger partial charge >= 0.3 is 0 Å². The maximum absolute atomic E-state index is 3.71. The van der Waals surface area contributed by atoms with Crippen molar-refractivity contribution in [3.8, 4) is 0 Å². The maximum Gasteiger partial charge on any atom is 0.00967 e. The van der Waals surface area contributed by atoms with Crippen molar-refractivity contribution in [1.29, 1.82) is 0 Å². The van der Waals surface area contributed by atoms with Gasteiger partial charge < -0.3 is 5.32 Å². The molecule has 0 aliphatic carbocycles. The zero-order valence-corrected chi connectivity index (χ0v) is 15.2.